The number of rotatable bonds is 3. The van der Waals surface area contributed by atoms with Gasteiger partial charge in [0.25, 0.3) is 0 Å². The van der Waals surface area contributed by atoms with E-state index in [1.165, 1.54) is 0 Å². The molecule has 1 heterocycles. The van der Waals surface area contributed by atoms with Gasteiger partial charge in [0.2, 0.25) is 0 Å². The van der Waals surface area contributed by atoms with Crippen LogP contribution in [0.25, 0.3) is 6.08 Å². The molecule has 1 aliphatic rings. The van der Waals surface area contributed by atoms with Crippen molar-refractivity contribution in [3.63, 3.8) is 0 Å². The van der Waals surface area contributed by atoms with Crippen LogP contribution in [0.2, 0.25) is 0 Å². The van der Waals surface area contributed by atoms with E-state index in [2.05, 4.69) is 0 Å². The van der Waals surface area contributed by atoms with Crippen LogP contribution in [0.5, 0.6) is 5.75 Å². The fraction of sp³-hybridized carbons (Fsp3) is 0.105. The number of ketones is 1. The standard InChI is InChI=1S/C19H16O2/c1-14(20)17(13-15-7-3-2-4-8-15)19-12-11-16-9-5-6-10-18(16)21-19/h2-12H,13H2,1H3/b19-17+. The van der Waals surface area contributed by atoms with Gasteiger partial charge in [0, 0.05) is 17.6 Å². The highest BCUT2D eigenvalue weighted by Gasteiger charge is 2.16. The number of carbonyl (C=O) groups excluding carboxylic acids is 1. The molecule has 0 atom stereocenters. The summed E-state index contributed by atoms with van der Waals surface area (Å²) in [5.41, 5.74) is 2.84. The lowest BCUT2D eigenvalue weighted by molar-refractivity contribution is -0.113. The maximum atomic E-state index is 12.0. The summed E-state index contributed by atoms with van der Waals surface area (Å²) in [5, 5.41) is 0. The van der Waals surface area contributed by atoms with E-state index in [1.54, 1.807) is 6.92 Å². The largest absolute Gasteiger partial charge is 0.456 e. The molecule has 0 saturated heterocycles. The van der Waals surface area contributed by atoms with E-state index in [0.717, 1.165) is 16.9 Å². The Morgan fingerprint density at radius 2 is 1.67 bits per heavy atom. The monoisotopic (exact) mass is 276 g/mol. The van der Waals surface area contributed by atoms with Crippen LogP contribution < -0.4 is 4.74 Å². The molecule has 0 amide bonds. The van der Waals surface area contributed by atoms with Gasteiger partial charge in [-0.3, -0.25) is 4.79 Å². The van der Waals surface area contributed by atoms with Crippen molar-refractivity contribution >= 4 is 11.9 Å². The van der Waals surface area contributed by atoms with Crippen molar-refractivity contribution < 1.29 is 9.53 Å². The van der Waals surface area contributed by atoms with Crippen LogP contribution in [0.4, 0.5) is 0 Å². The SMILES string of the molecule is CC(=O)/C(Cc1ccccc1)=C1\C=Cc2ccccc2O1. The van der Waals surface area contributed by atoms with Gasteiger partial charge in [0.05, 0.1) is 0 Å². The van der Waals surface area contributed by atoms with Gasteiger partial charge in [-0.25, -0.2) is 0 Å². The van der Waals surface area contributed by atoms with Crippen LogP contribution in [0.3, 0.4) is 0 Å². The van der Waals surface area contributed by atoms with E-state index < -0.39 is 0 Å². The highest BCUT2D eigenvalue weighted by molar-refractivity contribution is 5.95. The molecule has 0 unspecified atom stereocenters. The minimum atomic E-state index is 0.0397. The second kappa shape index (κ2) is 5.80. The number of hydrogen-bond acceptors (Lipinski definition) is 2. The minimum absolute atomic E-state index is 0.0397. The zero-order valence-corrected chi connectivity index (χ0v) is 11.9. The van der Waals surface area contributed by atoms with Crippen LogP contribution in [0, 0.1) is 0 Å². The molecular formula is C19H16O2. The maximum Gasteiger partial charge on any atom is 0.159 e. The average Bonchev–Trinajstić information content (AvgIpc) is 2.53. The van der Waals surface area contributed by atoms with Crippen molar-refractivity contribution in [3.8, 4) is 5.75 Å². The molecule has 21 heavy (non-hydrogen) atoms. The summed E-state index contributed by atoms with van der Waals surface area (Å²) in [5.74, 6) is 1.48. The first-order chi connectivity index (χ1) is 10.2. The van der Waals surface area contributed by atoms with E-state index in [4.69, 9.17) is 4.74 Å². The zero-order valence-electron chi connectivity index (χ0n) is 11.9. The number of carbonyl (C=O) groups is 1. The Morgan fingerprint density at radius 3 is 2.43 bits per heavy atom. The molecule has 0 aromatic heterocycles. The molecule has 0 N–H and O–H groups in total. The zero-order chi connectivity index (χ0) is 14.7. The number of allylic oxidation sites excluding steroid dienone is 2. The van der Waals surface area contributed by atoms with Crippen LogP contribution in [0.1, 0.15) is 18.1 Å². The van der Waals surface area contributed by atoms with E-state index in [-0.39, 0.29) is 5.78 Å². The summed E-state index contributed by atoms with van der Waals surface area (Å²) in [6, 6.07) is 17.8. The van der Waals surface area contributed by atoms with E-state index in [1.807, 2.05) is 66.7 Å². The van der Waals surface area contributed by atoms with E-state index >= 15 is 0 Å². The second-order valence-electron chi connectivity index (χ2n) is 5.03. The molecule has 3 rings (SSSR count). The molecule has 0 spiro atoms. The second-order valence-corrected chi connectivity index (χ2v) is 5.03. The van der Waals surface area contributed by atoms with Crippen LogP contribution in [0.15, 0.2) is 72.0 Å². The molecule has 0 fully saturated rings. The predicted octanol–water partition coefficient (Wildman–Crippen LogP) is 4.18. The molecule has 2 nitrogen and oxygen atoms in total. The summed E-state index contributed by atoms with van der Waals surface area (Å²) in [6.07, 6.45) is 4.45. The topological polar surface area (TPSA) is 26.3 Å². The summed E-state index contributed by atoms with van der Waals surface area (Å²) in [6.45, 7) is 1.59. The first-order valence-corrected chi connectivity index (χ1v) is 6.97. The lowest BCUT2D eigenvalue weighted by Crippen LogP contribution is -2.10. The smallest absolute Gasteiger partial charge is 0.159 e. The minimum Gasteiger partial charge on any atom is -0.456 e. The summed E-state index contributed by atoms with van der Waals surface area (Å²) >= 11 is 0. The Balaban J connectivity index is 1.96. The third-order valence-electron chi connectivity index (χ3n) is 3.50. The van der Waals surface area contributed by atoms with Crippen LogP contribution in [-0.2, 0) is 11.2 Å². The lowest BCUT2D eigenvalue weighted by Gasteiger charge is -2.17. The summed E-state index contributed by atoms with van der Waals surface area (Å²) in [7, 11) is 0. The number of ether oxygens (including phenoxy) is 1. The first kappa shape index (κ1) is 13.4. The lowest BCUT2D eigenvalue weighted by atomic mass is 9.99. The van der Waals surface area contributed by atoms with Gasteiger partial charge in [0.1, 0.15) is 11.5 Å². The van der Waals surface area contributed by atoms with Crippen molar-refractivity contribution in [2.24, 2.45) is 0 Å². The van der Waals surface area contributed by atoms with Gasteiger partial charge in [-0.15, -0.1) is 0 Å². The van der Waals surface area contributed by atoms with E-state index in [9.17, 15) is 4.79 Å². The predicted molar refractivity (Wildman–Crippen MR) is 84.0 cm³/mol. The molecule has 0 saturated carbocycles. The Bertz CT molecular complexity index is 724. The Kier molecular flexibility index (Phi) is 3.69. The van der Waals surface area contributed by atoms with Crippen molar-refractivity contribution in [1.29, 1.82) is 0 Å². The Labute approximate surface area is 124 Å². The van der Waals surface area contributed by atoms with Gasteiger partial charge >= 0.3 is 0 Å². The van der Waals surface area contributed by atoms with Gasteiger partial charge in [-0.2, -0.15) is 0 Å². The molecule has 0 bridgehead atoms. The first-order valence-electron chi connectivity index (χ1n) is 6.97. The van der Waals surface area contributed by atoms with Gasteiger partial charge in [0.15, 0.2) is 5.78 Å². The van der Waals surface area contributed by atoms with Crippen LogP contribution >= 0.6 is 0 Å². The number of fused-ring (bicyclic) bond motifs is 1. The molecule has 104 valence electrons. The van der Waals surface area contributed by atoms with Gasteiger partial charge < -0.3 is 4.74 Å². The quantitative estimate of drug-likeness (QED) is 0.786. The molecule has 2 aromatic carbocycles. The third kappa shape index (κ3) is 2.95. The number of para-hydroxylation sites is 1. The van der Waals surface area contributed by atoms with Crippen molar-refractivity contribution in [2.75, 3.05) is 0 Å². The molecule has 0 aliphatic carbocycles. The maximum absolute atomic E-state index is 12.0. The molecule has 0 radical (unpaired) electrons. The summed E-state index contributed by atoms with van der Waals surface area (Å²) in [4.78, 5) is 12.0. The Morgan fingerprint density at radius 1 is 0.952 bits per heavy atom. The highest BCUT2D eigenvalue weighted by atomic mass is 16.5. The van der Waals surface area contributed by atoms with Gasteiger partial charge in [-0.1, -0.05) is 48.5 Å². The van der Waals surface area contributed by atoms with Gasteiger partial charge in [-0.05, 0) is 30.7 Å². The fourth-order valence-corrected chi connectivity index (χ4v) is 2.38. The highest BCUT2D eigenvalue weighted by Crippen LogP contribution is 2.29. The molecule has 2 heteroatoms. The molecule has 1 aliphatic heterocycles. The number of Topliss-reactive ketones (excluding diaryl/α,β-unsaturated/α-hetero) is 1. The number of benzene rings is 2. The molecule has 2 aromatic rings. The molecular weight excluding hydrogens is 260 g/mol. The Hall–Kier alpha value is -2.61. The van der Waals surface area contributed by atoms with Crippen molar-refractivity contribution in [1.82, 2.24) is 0 Å². The average molecular weight is 276 g/mol. The van der Waals surface area contributed by atoms with E-state index in [0.29, 0.717) is 17.8 Å². The summed E-state index contributed by atoms with van der Waals surface area (Å²) < 4.78 is 5.90. The normalized spacial score (nSPS) is 15.1. The van der Waals surface area contributed by atoms with Crippen LogP contribution in [-0.4, -0.2) is 5.78 Å². The fourth-order valence-electron chi connectivity index (χ4n) is 2.38. The number of hydrogen-bond donors (Lipinski definition) is 0. The van der Waals surface area contributed by atoms with Crippen molar-refractivity contribution in [3.05, 3.63) is 83.1 Å². The third-order valence-corrected chi connectivity index (χ3v) is 3.50. The van der Waals surface area contributed by atoms with Crippen molar-refractivity contribution in [2.45, 2.75) is 13.3 Å².